The van der Waals surface area contributed by atoms with E-state index >= 15 is 0 Å². The maximum absolute atomic E-state index is 9.37. The predicted octanol–water partition coefficient (Wildman–Crippen LogP) is 2.19. The second-order valence-corrected chi connectivity index (χ2v) is 3.43. The van der Waals surface area contributed by atoms with Crippen LogP contribution in [-0.4, -0.2) is 14.9 Å². The van der Waals surface area contributed by atoms with Crippen LogP contribution < -0.4 is 0 Å². The Balaban J connectivity index is 2.47. The molecule has 0 saturated heterocycles. The van der Waals surface area contributed by atoms with Crippen molar-refractivity contribution < 1.29 is 5.11 Å². The molecule has 3 heteroatoms. The SMILES string of the molecule is Cc1cnn(-c2ccc(O)c(C)c2)c1. The first kappa shape index (κ1) is 8.81. The lowest BCUT2D eigenvalue weighted by molar-refractivity contribution is 0.471. The van der Waals surface area contributed by atoms with Crippen LogP contribution in [0.4, 0.5) is 0 Å². The van der Waals surface area contributed by atoms with Gasteiger partial charge >= 0.3 is 0 Å². The fourth-order valence-electron chi connectivity index (χ4n) is 1.34. The zero-order chi connectivity index (χ0) is 10.1. The van der Waals surface area contributed by atoms with Gasteiger partial charge in [-0.15, -0.1) is 0 Å². The maximum atomic E-state index is 9.37. The van der Waals surface area contributed by atoms with Gasteiger partial charge in [-0.3, -0.25) is 0 Å². The van der Waals surface area contributed by atoms with Crippen LogP contribution in [0.25, 0.3) is 5.69 Å². The average molecular weight is 188 g/mol. The van der Waals surface area contributed by atoms with Crippen LogP contribution in [0.3, 0.4) is 0 Å². The normalized spacial score (nSPS) is 10.4. The maximum Gasteiger partial charge on any atom is 0.118 e. The molecule has 1 aromatic heterocycles. The molecular formula is C11H12N2O. The Kier molecular flexibility index (Phi) is 2.00. The lowest BCUT2D eigenvalue weighted by Gasteiger charge is -2.03. The summed E-state index contributed by atoms with van der Waals surface area (Å²) in [6.07, 6.45) is 3.76. The molecule has 0 amide bonds. The van der Waals surface area contributed by atoms with E-state index in [9.17, 15) is 5.11 Å². The number of aryl methyl sites for hydroxylation is 2. The second-order valence-electron chi connectivity index (χ2n) is 3.43. The molecular weight excluding hydrogens is 176 g/mol. The standard InChI is InChI=1S/C11H12N2O/c1-8-6-12-13(7-8)10-3-4-11(14)9(2)5-10/h3-7,14H,1-2H3. The topological polar surface area (TPSA) is 38.0 Å². The van der Waals surface area contributed by atoms with Crippen molar-refractivity contribution in [1.82, 2.24) is 9.78 Å². The van der Waals surface area contributed by atoms with Crippen LogP contribution >= 0.6 is 0 Å². The van der Waals surface area contributed by atoms with Crippen molar-refractivity contribution in [3.63, 3.8) is 0 Å². The van der Waals surface area contributed by atoms with Crippen molar-refractivity contribution in [3.8, 4) is 11.4 Å². The molecule has 0 saturated carbocycles. The molecule has 0 radical (unpaired) electrons. The van der Waals surface area contributed by atoms with Gasteiger partial charge in [-0.25, -0.2) is 4.68 Å². The van der Waals surface area contributed by atoms with Crippen molar-refractivity contribution in [1.29, 1.82) is 0 Å². The third-order valence-electron chi connectivity index (χ3n) is 2.16. The lowest BCUT2D eigenvalue weighted by Crippen LogP contribution is -1.94. The molecule has 0 bridgehead atoms. The molecule has 2 rings (SSSR count). The molecule has 3 nitrogen and oxygen atoms in total. The number of phenolic OH excluding ortho intramolecular Hbond substituents is 1. The van der Waals surface area contributed by atoms with Gasteiger partial charge in [0.1, 0.15) is 5.75 Å². The van der Waals surface area contributed by atoms with E-state index in [1.807, 2.05) is 38.4 Å². The second kappa shape index (κ2) is 3.18. The van der Waals surface area contributed by atoms with E-state index in [1.54, 1.807) is 10.7 Å². The first-order chi connectivity index (χ1) is 6.66. The van der Waals surface area contributed by atoms with E-state index in [0.717, 1.165) is 16.8 Å². The molecule has 0 aliphatic rings. The smallest absolute Gasteiger partial charge is 0.118 e. The minimum absolute atomic E-state index is 0.317. The van der Waals surface area contributed by atoms with Crippen molar-refractivity contribution in [2.75, 3.05) is 0 Å². The van der Waals surface area contributed by atoms with Gasteiger partial charge in [0.25, 0.3) is 0 Å². The summed E-state index contributed by atoms with van der Waals surface area (Å²) in [6, 6.07) is 5.43. The highest BCUT2D eigenvalue weighted by Crippen LogP contribution is 2.19. The highest BCUT2D eigenvalue weighted by Gasteiger charge is 2.00. The molecule has 0 spiro atoms. The van der Waals surface area contributed by atoms with Gasteiger partial charge in [-0.2, -0.15) is 5.10 Å². The van der Waals surface area contributed by atoms with E-state index in [0.29, 0.717) is 5.75 Å². The Bertz CT molecular complexity index is 460. The molecule has 2 aromatic rings. The quantitative estimate of drug-likeness (QED) is 0.745. The first-order valence-corrected chi connectivity index (χ1v) is 4.48. The van der Waals surface area contributed by atoms with Crippen LogP contribution in [-0.2, 0) is 0 Å². The van der Waals surface area contributed by atoms with Crippen molar-refractivity contribution in [2.45, 2.75) is 13.8 Å². The molecule has 0 aliphatic heterocycles. The fourth-order valence-corrected chi connectivity index (χ4v) is 1.34. The van der Waals surface area contributed by atoms with Crippen molar-refractivity contribution in [2.24, 2.45) is 0 Å². The highest BCUT2D eigenvalue weighted by molar-refractivity contribution is 5.42. The molecule has 0 atom stereocenters. The molecule has 1 N–H and O–H groups in total. The molecule has 14 heavy (non-hydrogen) atoms. The van der Waals surface area contributed by atoms with E-state index < -0.39 is 0 Å². The highest BCUT2D eigenvalue weighted by atomic mass is 16.3. The number of aromatic hydroxyl groups is 1. The van der Waals surface area contributed by atoms with Gasteiger partial charge in [0.2, 0.25) is 0 Å². The summed E-state index contributed by atoms with van der Waals surface area (Å²) >= 11 is 0. The van der Waals surface area contributed by atoms with Gasteiger partial charge < -0.3 is 5.11 Å². The summed E-state index contributed by atoms with van der Waals surface area (Å²) < 4.78 is 1.79. The van der Waals surface area contributed by atoms with Gasteiger partial charge in [-0.05, 0) is 43.2 Å². The summed E-state index contributed by atoms with van der Waals surface area (Å²) in [5.74, 6) is 0.317. The molecule has 0 fully saturated rings. The third kappa shape index (κ3) is 1.48. The van der Waals surface area contributed by atoms with Gasteiger partial charge in [0.05, 0.1) is 11.9 Å². The van der Waals surface area contributed by atoms with Gasteiger partial charge in [0, 0.05) is 6.20 Å². The minimum Gasteiger partial charge on any atom is -0.508 e. The Morgan fingerprint density at radius 1 is 1.29 bits per heavy atom. The Morgan fingerprint density at radius 2 is 2.07 bits per heavy atom. The zero-order valence-corrected chi connectivity index (χ0v) is 8.23. The number of benzene rings is 1. The number of rotatable bonds is 1. The largest absolute Gasteiger partial charge is 0.508 e. The van der Waals surface area contributed by atoms with E-state index in [4.69, 9.17) is 0 Å². The third-order valence-corrected chi connectivity index (χ3v) is 2.16. The Hall–Kier alpha value is -1.77. The number of aromatic nitrogens is 2. The van der Waals surface area contributed by atoms with E-state index in [1.165, 1.54) is 0 Å². The van der Waals surface area contributed by atoms with Gasteiger partial charge in [0.15, 0.2) is 0 Å². The number of nitrogens with zero attached hydrogens (tertiary/aromatic N) is 2. The Morgan fingerprint density at radius 3 is 2.64 bits per heavy atom. The molecule has 0 aliphatic carbocycles. The predicted molar refractivity (Wildman–Crippen MR) is 54.7 cm³/mol. The van der Waals surface area contributed by atoms with E-state index in [2.05, 4.69) is 5.10 Å². The summed E-state index contributed by atoms with van der Waals surface area (Å²) in [5.41, 5.74) is 2.94. The summed E-state index contributed by atoms with van der Waals surface area (Å²) in [5, 5.41) is 13.6. The van der Waals surface area contributed by atoms with Gasteiger partial charge in [-0.1, -0.05) is 0 Å². The van der Waals surface area contributed by atoms with Crippen LogP contribution in [0.15, 0.2) is 30.6 Å². The minimum atomic E-state index is 0.317. The molecule has 1 aromatic carbocycles. The zero-order valence-electron chi connectivity index (χ0n) is 8.23. The summed E-state index contributed by atoms with van der Waals surface area (Å²) in [7, 11) is 0. The Labute approximate surface area is 82.6 Å². The van der Waals surface area contributed by atoms with E-state index in [-0.39, 0.29) is 0 Å². The molecule has 0 unspecified atom stereocenters. The van der Waals surface area contributed by atoms with Crippen LogP contribution in [0.1, 0.15) is 11.1 Å². The molecule has 1 heterocycles. The number of hydrogen-bond acceptors (Lipinski definition) is 2. The van der Waals surface area contributed by atoms with Crippen molar-refractivity contribution in [3.05, 3.63) is 41.7 Å². The fraction of sp³-hybridized carbons (Fsp3) is 0.182. The lowest BCUT2D eigenvalue weighted by atomic mass is 10.2. The number of phenols is 1. The van der Waals surface area contributed by atoms with Crippen LogP contribution in [0, 0.1) is 13.8 Å². The van der Waals surface area contributed by atoms with Crippen LogP contribution in [0.5, 0.6) is 5.75 Å². The first-order valence-electron chi connectivity index (χ1n) is 4.48. The monoisotopic (exact) mass is 188 g/mol. The summed E-state index contributed by atoms with van der Waals surface area (Å²) in [4.78, 5) is 0. The number of hydrogen-bond donors (Lipinski definition) is 1. The molecule has 72 valence electrons. The van der Waals surface area contributed by atoms with Crippen LogP contribution in [0.2, 0.25) is 0 Å². The average Bonchev–Trinajstić information content (AvgIpc) is 2.57. The van der Waals surface area contributed by atoms with Crippen molar-refractivity contribution >= 4 is 0 Å². The summed E-state index contributed by atoms with van der Waals surface area (Å²) in [6.45, 7) is 3.87.